The van der Waals surface area contributed by atoms with Gasteiger partial charge in [0, 0.05) is 63.5 Å². The number of alkyl halides is 3. The lowest BCUT2D eigenvalue weighted by Gasteiger charge is -2.39. The van der Waals surface area contributed by atoms with Crippen molar-refractivity contribution in [3.63, 3.8) is 0 Å². The first-order valence-electron chi connectivity index (χ1n) is 21.3. The number of likely N-dealkylation sites (tertiary alicyclic amines) is 1. The number of carbonyl (C=O) groups is 6. The molecule has 9 rings (SSSR count). The zero-order valence-corrected chi connectivity index (χ0v) is 34.0. The highest BCUT2D eigenvalue weighted by Crippen LogP contribution is 2.37. The molecule has 2 N–H and O–H groups in total. The van der Waals surface area contributed by atoms with Crippen molar-refractivity contribution >= 4 is 52.5 Å². The van der Waals surface area contributed by atoms with Crippen molar-refractivity contribution in [2.24, 2.45) is 11.8 Å². The van der Waals surface area contributed by atoms with Gasteiger partial charge in [0.2, 0.25) is 11.8 Å². The van der Waals surface area contributed by atoms with Gasteiger partial charge in [-0.1, -0.05) is 6.07 Å². The molecule has 326 valence electrons. The van der Waals surface area contributed by atoms with Gasteiger partial charge in [-0.25, -0.2) is 4.98 Å². The van der Waals surface area contributed by atoms with Crippen LogP contribution in [-0.2, 0) is 27.0 Å². The zero-order chi connectivity index (χ0) is 43.3. The summed E-state index contributed by atoms with van der Waals surface area (Å²) in [4.78, 5) is 90.9. The zero-order valence-electron chi connectivity index (χ0n) is 34.0. The van der Waals surface area contributed by atoms with E-state index in [0.717, 1.165) is 86.7 Å². The maximum Gasteiger partial charge on any atom is 0.433 e. The minimum Gasteiger partial charge on any atom is -0.378 e. The van der Waals surface area contributed by atoms with Crippen molar-refractivity contribution in [3.8, 4) is 0 Å². The van der Waals surface area contributed by atoms with Crippen molar-refractivity contribution in [1.82, 2.24) is 25.0 Å². The largest absolute Gasteiger partial charge is 0.433 e. The molecule has 6 aliphatic heterocycles. The van der Waals surface area contributed by atoms with Gasteiger partial charge in [0.05, 0.1) is 35.7 Å². The second-order valence-electron chi connectivity index (χ2n) is 17.0. The van der Waals surface area contributed by atoms with E-state index in [2.05, 4.69) is 25.4 Å². The molecule has 6 amide bonds. The number of hydrogen-bond donors (Lipinski definition) is 2. The van der Waals surface area contributed by atoms with E-state index in [4.69, 9.17) is 4.74 Å². The van der Waals surface area contributed by atoms with Gasteiger partial charge in [-0.2, -0.15) is 13.2 Å². The van der Waals surface area contributed by atoms with Crippen LogP contribution in [0.1, 0.15) is 91.3 Å². The Morgan fingerprint density at radius 2 is 1.48 bits per heavy atom. The van der Waals surface area contributed by atoms with E-state index in [1.807, 2.05) is 15.9 Å². The first-order chi connectivity index (χ1) is 29.8. The Labute approximate surface area is 355 Å². The van der Waals surface area contributed by atoms with Gasteiger partial charge in [-0.05, 0) is 105 Å². The lowest BCUT2D eigenvalue weighted by molar-refractivity contribution is -0.141. The van der Waals surface area contributed by atoms with Crippen molar-refractivity contribution in [2.45, 2.75) is 57.3 Å². The van der Waals surface area contributed by atoms with E-state index >= 15 is 0 Å². The molecule has 0 aliphatic carbocycles. The predicted molar refractivity (Wildman–Crippen MR) is 219 cm³/mol. The van der Waals surface area contributed by atoms with Crippen LogP contribution < -0.4 is 20.4 Å². The molecule has 0 radical (unpaired) electrons. The van der Waals surface area contributed by atoms with Crippen molar-refractivity contribution in [3.05, 3.63) is 82.2 Å². The minimum absolute atomic E-state index is 0.0697. The Balaban J connectivity index is 0.774. The SMILES string of the molecule is O=C1CCC(N2C(=O)c3ccc(N4CCC(CN5CCC(CN6Cc7cc(NC(=O)c8cccc(C(F)(F)F)n8)c(N8CCOCC8)cc7C6=O)CC5)CC4)cc3C2=O)C(=O)N1. The summed E-state index contributed by atoms with van der Waals surface area (Å²) in [7, 11) is 0. The maximum absolute atomic E-state index is 13.8. The number of ether oxygens (including phenoxy) is 1. The smallest absolute Gasteiger partial charge is 0.378 e. The molecule has 2 aromatic carbocycles. The van der Waals surface area contributed by atoms with Crippen LogP contribution in [0.4, 0.5) is 30.2 Å². The van der Waals surface area contributed by atoms with Crippen LogP contribution in [0.5, 0.6) is 0 Å². The molecule has 3 aromatic rings. The average Bonchev–Trinajstić information content (AvgIpc) is 3.70. The molecule has 0 bridgehead atoms. The number of benzene rings is 2. The molecule has 62 heavy (non-hydrogen) atoms. The van der Waals surface area contributed by atoms with Gasteiger partial charge in [-0.15, -0.1) is 0 Å². The van der Waals surface area contributed by atoms with Crippen molar-refractivity contribution in [1.29, 1.82) is 0 Å². The molecule has 7 heterocycles. The fourth-order valence-electron chi connectivity index (χ4n) is 9.69. The number of imide groups is 2. The number of nitrogens with zero attached hydrogens (tertiary/aromatic N) is 6. The number of morpholine rings is 1. The summed E-state index contributed by atoms with van der Waals surface area (Å²) in [5.41, 5.74) is 2.21. The number of hydrogen-bond acceptors (Lipinski definition) is 11. The lowest BCUT2D eigenvalue weighted by Crippen LogP contribution is -2.54. The molecule has 6 aliphatic rings. The highest BCUT2D eigenvalue weighted by molar-refractivity contribution is 6.23. The highest BCUT2D eigenvalue weighted by Gasteiger charge is 2.45. The first kappa shape index (κ1) is 41.5. The highest BCUT2D eigenvalue weighted by atomic mass is 19.4. The number of carbonyl (C=O) groups excluding carboxylic acids is 6. The topological polar surface area (TPSA) is 165 Å². The molecule has 0 spiro atoms. The minimum atomic E-state index is -4.70. The summed E-state index contributed by atoms with van der Waals surface area (Å²) in [6, 6.07) is 11.0. The van der Waals surface area contributed by atoms with Crippen molar-refractivity contribution < 1.29 is 46.7 Å². The molecule has 15 nitrogen and oxygen atoms in total. The summed E-state index contributed by atoms with van der Waals surface area (Å²) in [5.74, 6) is -2.10. The second kappa shape index (κ2) is 16.8. The summed E-state index contributed by atoms with van der Waals surface area (Å²) >= 11 is 0. The Morgan fingerprint density at radius 3 is 2.21 bits per heavy atom. The lowest BCUT2D eigenvalue weighted by atomic mass is 9.92. The third-order valence-electron chi connectivity index (χ3n) is 13.1. The number of piperidine rings is 3. The molecular formula is C44H47F3N8O7. The van der Waals surface area contributed by atoms with Gasteiger partial charge in [-0.3, -0.25) is 39.0 Å². The normalized spacial score (nSPS) is 21.7. The summed E-state index contributed by atoms with van der Waals surface area (Å²) < 4.78 is 45.6. The van der Waals surface area contributed by atoms with Crippen LogP contribution in [0.15, 0.2) is 48.5 Å². The van der Waals surface area contributed by atoms with Gasteiger partial charge in [0.1, 0.15) is 17.4 Å². The Hall–Kier alpha value is -5.88. The Morgan fingerprint density at radius 1 is 0.774 bits per heavy atom. The van der Waals surface area contributed by atoms with E-state index in [9.17, 15) is 41.9 Å². The van der Waals surface area contributed by atoms with Crippen LogP contribution in [0.2, 0.25) is 0 Å². The van der Waals surface area contributed by atoms with Crippen LogP contribution in [0.3, 0.4) is 0 Å². The molecule has 0 saturated carbocycles. The summed E-state index contributed by atoms with van der Waals surface area (Å²) in [6.07, 6.45) is -0.682. The molecule has 1 atom stereocenters. The second-order valence-corrected chi connectivity index (χ2v) is 17.0. The molecule has 1 aromatic heterocycles. The van der Waals surface area contributed by atoms with Crippen LogP contribution in [0.25, 0.3) is 0 Å². The molecular weight excluding hydrogens is 810 g/mol. The fourth-order valence-corrected chi connectivity index (χ4v) is 9.69. The number of rotatable bonds is 9. The predicted octanol–water partition coefficient (Wildman–Crippen LogP) is 4.17. The van der Waals surface area contributed by atoms with Crippen LogP contribution in [0, 0.1) is 11.8 Å². The monoisotopic (exact) mass is 856 g/mol. The number of nitrogens with one attached hydrogen (secondary N) is 2. The van der Waals surface area contributed by atoms with Crippen LogP contribution in [-0.4, -0.2) is 127 Å². The van der Waals surface area contributed by atoms with Crippen LogP contribution >= 0.6 is 0 Å². The molecule has 4 fully saturated rings. The number of fused-ring (bicyclic) bond motifs is 2. The average molecular weight is 857 g/mol. The standard InChI is InChI=1S/C44H47F3N8O7/c45-44(46,47)37-3-1-2-33(48-37)39(57)49-34-20-28-25-54(41(59)31(28)22-36(34)53-16-18-62-19-17-53)24-27-8-12-51(13-9-27)23-26-10-14-52(15-11-26)29-4-5-30-32(21-29)43(61)55(42(30)60)35-6-7-38(56)50-40(35)58/h1-5,20-22,26-27,35H,6-19,23-25H2,(H,49,57)(H,50,56,58). The third-order valence-corrected chi connectivity index (χ3v) is 13.1. The number of halogens is 3. The van der Waals surface area contributed by atoms with Crippen molar-refractivity contribution in [2.75, 3.05) is 80.7 Å². The fraction of sp³-hybridized carbons (Fsp3) is 0.477. The number of amides is 6. The van der Waals surface area contributed by atoms with Gasteiger partial charge >= 0.3 is 6.18 Å². The van der Waals surface area contributed by atoms with E-state index < -0.39 is 47.4 Å². The quantitative estimate of drug-likeness (QED) is 0.297. The summed E-state index contributed by atoms with van der Waals surface area (Å²) in [6.45, 7) is 7.34. The van der Waals surface area contributed by atoms with E-state index in [1.54, 1.807) is 24.3 Å². The Bertz CT molecular complexity index is 2320. The number of aromatic nitrogens is 1. The number of anilines is 3. The first-order valence-corrected chi connectivity index (χ1v) is 21.3. The van der Waals surface area contributed by atoms with E-state index in [1.165, 1.54) is 6.07 Å². The molecule has 4 saturated heterocycles. The molecule has 18 heteroatoms. The Kier molecular flexibility index (Phi) is 11.2. The maximum atomic E-state index is 13.8. The van der Waals surface area contributed by atoms with E-state index in [-0.39, 0.29) is 35.6 Å². The number of pyridine rings is 1. The third kappa shape index (κ3) is 8.24. The van der Waals surface area contributed by atoms with Gasteiger partial charge in [0.15, 0.2) is 0 Å². The van der Waals surface area contributed by atoms with Gasteiger partial charge in [0.25, 0.3) is 23.6 Å². The van der Waals surface area contributed by atoms with E-state index in [0.29, 0.717) is 68.2 Å². The van der Waals surface area contributed by atoms with Gasteiger partial charge < -0.3 is 29.7 Å². The molecule has 1 unspecified atom stereocenters. The summed E-state index contributed by atoms with van der Waals surface area (Å²) in [5, 5.41) is 5.02.